The highest BCUT2D eigenvalue weighted by atomic mass is 16.5. The van der Waals surface area contributed by atoms with Crippen molar-refractivity contribution in [2.75, 3.05) is 32.9 Å². The van der Waals surface area contributed by atoms with Gasteiger partial charge in [0.25, 0.3) is 0 Å². The molecule has 6 nitrogen and oxygen atoms in total. The molecule has 0 aliphatic carbocycles. The first kappa shape index (κ1) is 17.1. The summed E-state index contributed by atoms with van der Waals surface area (Å²) in [6, 6.07) is 4.34. The van der Waals surface area contributed by atoms with Gasteiger partial charge in [0.2, 0.25) is 5.91 Å². The van der Waals surface area contributed by atoms with Gasteiger partial charge in [-0.1, -0.05) is 0 Å². The predicted molar refractivity (Wildman–Crippen MR) is 91.9 cm³/mol. The van der Waals surface area contributed by atoms with Gasteiger partial charge in [0.15, 0.2) is 0 Å². The van der Waals surface area contributed by atoms with Crippen molar-refractivity contribution in [3.63, 3.8) is 0 Å². The van der Waals surface area contributed by atoms with Gasteiger partial charge in [-0.25, -0.2) is 0 Å². The van der Waals surface area contributed by atoms with Gasteiger partial charge in [-0.2, -0.15) is 0 Å². The predicted octanol–water partition coefficient (Wildman–Crippen LogP) is 1.80. The van der Waals surface area contributed by atoms with Crippen LogP contribution < -0.4 is 5.32 Å². The van der Waals surface area contributed by atoms with Crippen LogP contribution in [0.3, 0.4) is 0 Å². The van der Waals surface area contributed by atoms with Gasteiger partial charge >= 0.3 is 0 Å². The molecule has 138 valence electrons. The van der Waals surface area contributed by atoms with Crippen LogP contribution in [0, 0.1) is 11.8 Å². The monoisotopic (exact) mass is 348 g/mol. The number of ether oxygens (including phenoxy) is 2. The summed E-state index contributed by atoms with van der Waals surface area (Å²) in [5.74, 6) is 1.27. The number of piperidine rings is 1. The lowest BCUT2D eigenvalue weighted by Crippen LogP contribution is -2.56. The highest BCUT2D eigenvalue weighted by molar-refractivity contribution is 5.79. The van der Waals surface area contributed by atoms with E-state index in [9.17, 15) is 4.79 Å². The van der Waals surface area contributed by atoms with E-state index in [-0.39, 0.29) is 17.9 Å². The lowest BCUT2D eigenvalue weighted by Gasteiger charge is -2.47. The first-order chi connectivity index (χ1) is 12.3. The third kappa shape index (κ3) is 3.91. The van der Waals surface area contributed by atoms with E-state index in [1.165, 1.54) is 0 Å². The number of fused-ring (bicyclic) bond motifs is 1. The van der Waals surface area contributed by atoms with Crippen molar-refractivity contribution < 1.29 is 18.7 Å². The Balaban J connectivity index is 1.38. The molecule has 4 rings (SSSR count). The zero-order chi connectivity index (χ0) is 17.1. The largest absolute Gasteiger partial charge is 0.467 e. The Labute approximate surface area is 148 Å². The molecule has 1 N–H and O–H groups in total. The zero-order valence-electron chi connectivity index (χ0n) is 14.7. The van der Waals surface area contributed by atoms with Crippen molar-refractivity contribution in [1.29, 1.82) is 0 Å². The summed E-state index contributed by atoms with van der Waals surface area (Å²) in [4.78, 5) is 15.4. The zero-order valence-corrected chi connectivity index (χ0v) is 14.7. The Morgan fingerprint density at radius 2 is 2.08 bits per heavy atom. The number of furan rings is 1. The van der Waals surface area contributed by atoms with Crippen molar-refractivity contribution in [2.45, 2.75) is 44.4 Å². The summed E-state index contributed by atoms with van der Waals surface area (Å²) >= 11 is 0. The van der Waals surface area contributed by atoms with Gasteiger partial charge in [0.05, 0.1) is 18.9 Å². The minimum Gasteiger partial charge on any atom is -0.467 e. The molecule has 3 aliphatic rings. The Morgan fingerprint density at radius 1 is 1.20 bits per heavy atom. The Kier molecular flexibility index (Phi) is 5.39. The fourth-order valence-corrected chi connectivity index (χ4v) is 4.57. The second kappa shape index (κ2) is 7.89. The normalized spacial score (nSPS) is 31.4. The van der Waals surface area contributed by atoms with Gasteiger partial charge < -0.3 is 19.2 Å². The van der Waals surface area contributed by atoms with Crippen LogP contribution in [-0.4, -0.2) is 55.9 Å². The van der Waals surface area contributed by atoms with E-state index in [4.69, 9.17) is 13.9 Å². The highest BCUT2D eigenvalue weighted by Crippen LogP contribution is 2.35. The molecule has 6 heteroatoms. The minimum absolute atomic E-state index is 0.0383. The van der Waals surface area contributed by atoms with Gasteiger partial charge in [-0.05, 0) is 37.8 Å². The molecule has 3 atom stereocenters. The molecule has 1 amide bonds. The van der Waals surface area contributed by atoms with Gasteiger partial charge in [-0.15, -0.1) is 0 Å². The molecule has 1 aromatic heterocycles. The van der Waals surface area contributed by atoms with Gasteiger partial charge in [-0.3, -0.25) is 9.69 Å². The second-order valence-corrected chi connectivity index (χ2v) is 7.39. The third-order valence-electron chi connectivity index (χ3n) is 5.96. The van der Waals surface area contributed by atoms with Crippen LogP contribution in [0.15, 0.2) is 22.8 Å². The molecule has 0 unspecified atom stereocenters. The van der Waals surface area contributed by atoms with E-state index >= 15 is 0 Å². The van der Waals surface area contributed by atoms with Crippen LogP contribution in [0.2, 0.25) is 0 Å². The van der Waals surface area contributed by atoms with Crippen molar-refractivity contribution in [2.24, 2.45) is 11.8 Å². The molecule has 0 radical (unpaired) electrons. The molecule has 3 fully saturated rings. The molecular weight excluding hydrogens is 320 g/mol. The molecule has 4 heterocycles. The molecular formula is C19H28N2O4. The summed E-state index contributed by atoms with van der Waals surface area (Å²) < 4.78 is 16.8. The second-order valence-electron chi connectivity index (χ2n) is 7.39. The van der Waals surface area contributed by atoms with Crippen LogP contribution in [0.25, 0.3) is 0 Å². The van der Waals surface area contributed by atoms with E-state index < -0.39 is 0 Å². The number of hydrogen-bond donors (Lipinski definition) is 1. The first-order valence-electron chi connectivity index (χ1n) is 9.55. The fraction of sp³-hybridized carbons (Fsp3) is 0.737. The third-order valence-corrected chi connectivity index (χ3v) is 5.96. The number of carbonyl (C=O) groups excluding carboxylic acids is 1. The number of amides is 1. The Hall–Kier alpha value is -1.37. The highest BCUT2D eigenvalue weighted by Gasteiger charge is 2.42. The molecule has 3 saturated heterocycles. The average molecular weight is 348 g/mol. The van der Waals surface area contributed by atoms with E-state index in [1.807, 2.05) is 12.1 Å². The lowest BCUT2D eigenvalue weighted by atomic mass is 9.78. The van der Waals surface area contributed by atoms with E-state index in [0.717, 1.165) is 57.7 Å². The maximum absolute atomic E-state index is 12.8. The van der Waals surface area contributed by atoms with Crippen molar-refractivity contribution in [3.05, 3.63) is 24.2 Å². The van der Waals surface area contributed by atoms with Crippen LogP contribution >= 0.6 is 0 Å². The smallest absolute Gasteiger partial charge is 0.224 e. The lowest BCUT2D eigenvalue weighted by molar-refractivity contribution is -0.144. The minimum atomic E-state index is 0.0383. The summed E-state index contributed by atoms with van der Waals surface area (Å²) in [5.41, 5.74) is 0. The summed E-state index contributed by atoms with van der Waals surface area (Å²) in [6.07, 6.45) is 5.92. The summed E-state index contributed by atoms with van der Waals surface area (Å²) in [5, 5.41) is 3.06. The first-order valence-corrected chi connectivity index (χ1v) is 9.55. The summed E-state index contributed by atoms with van der Waals surface area (Å²) in [6.45, 7) is 4.92. The number of nitrogens with one attached hydrogen (secondary N) is 1. The molecule has 3 aliphatic heterocycles. The average Bonchev–Trinajstić information content (AvgIpc) is 3.19. The van der Waals surface area contributed by atoms with E-state index in [0.29, 0.717) is 25.1 Å². The van der Waals surface area contributed by atoms with Gasteiger partial charge in [0.1, 0.15) is 5.76 Å². The Bertz CT molecular complexity index is 556. The topological polar surface area (TPSA) is 63.9 Å². The number of hydrogen-bond acceptors (Lipinski definition) is 5. The van der Waals surface area contributed by atoms with Crippen LogP contribution in [-0.2, 0) is 20.8 Å². The van der Waals surface area contributed by atoms with Crippen molar-refractivity contribution in [1.82, 2.24) is 10.2 Å². The standard InChI is InChI=1S/C19H28N2O4/c22-19(20-12-15-2-1-8-24-15)16-6-11-25-18-3-7-21(13-17(16)18)14-4-9-23-10-5-14/h1-2,8,14,16-18H,3-7,9-13H2,(H,20,22)/t16-,17+,18-/m1/s1. The molecule has 1 aromatic rings. The number of nitrogens with zero attached hydrogens (tertiary/aromatic N) is 1. The molecule has 0 spiro atoms. The van der Waals surface area contributed by atoms with Crippen LogP contribution in [0.1, 0.15) is 31.4 Å². The maximum Gasteiger partial charge on any atom is 0.224 e. The molecule has 0 bridgehead atoms. The SMILES string of the molecule is O=C(NCc1ccco1)[C@@H]1CCO[C@@H]2CCN(C3CCOCC3)C[C@H]21. The maximum atomic E-state index is 12.8. The fourth-order valence-electron chi connectivity index (χ4n) is 4.57. The van der Waals surface area contributed by atoms with Crippen LogP contribution in [0.4, 0.5) is 0 Å². The number of likely N-dealkylation sites (tertiary alicyclic amines) is 1. The van der Waals surface area contributed by atoms with Crippen molar-refractivity contribution in [3.8, 4) is 0 Å². The van der Waals surface area contributed by atoms with Crippen molar-refractivity contribution >= 4 is 5.91 Å². The summed E-state index contributed by atoms with van der Waals surface area (Å²) in [7, 11) is 0. The molecule has 0 saturated carbocycles. The number of carbonyl (C=O) groups is 1. The quantitative estimate of drug-likeness (QED) is 0.899. The molecule has 25 heavy (non-hydrogen) atoms. The Morgan fingerprint density at radius 3 is 2.88 bits per heavy atom. The number of rotatable bonds is 4. The molecule has 0 aromatic carbocycles. The van der Waals surface area contributed by atoms with E-state index in [2.05, 4.69) is 10.2 Å². The van der Waals surface area contributed by atoms with E-state index in [1.54, 1.807) is 6.26 Å². The van der Waals surface area contributed by atoms with Crippen LogP contribution in [0.5, 0.6) is 0 Å². The van der Waals surface area contributed by atoms with Gasteiger partial charge in [0, 0.05) is 50.8 Å².